The summed E-state index contributed by atoms with van der Waals surface area (Å²) in [6.07, 6.45) is 4.10. The summed E-state index contributed by atoms with van der Waals surface area (Å²) in [5.74, 6) is 0.430. The van der Waals surface area contributed by atoms with Crippen molar-refractivity contribution in [3.63, 3.8) is 0 Å². The van der Waals surface area contributed by atoms with Crippen molar-refractivity contribution in [3.8, 4) is 0 Å². The van der Waals surface area contributed by atoms with E-state index in [0.29, 0.717) is 43.1 Å². The second-order valence-electron chi connectivity index (χ2n) is 11.9. The van der Waals surface area contributed by atoms with Gasteiger partial charge in [-0.3, -0.25) is 19.3 Å². The fourth-order valence-electron chi connectivity index (χ4n) is 5.68. The predicted molar refractivity (Wildman–Crippen MR) is 170 cm³/mol. The molecule has 0 radical (unpaired) electrons. The molecule has 0 saturated heterocycles. The first-order valence-corrected chi connectivity index (χ1v) is 15.1. The molecule has 0 saturated carbocycles. The highest BCUT2D eigenvalue weighted by Gasteiger charge is 2.30. The van der Waals surface area contributed by atoms with Gasteiger partial charge in [-0.15, -0.1) is 0 Å². The lowest BCUT2D eigenvalue weighted by atomic mass is 10.0. The van der Waals surface area contributed by atoms with Gasteiger partial charge in [-0.25, -0.2) is 9.78 Å². The van der Waals surface area contributed by atoms with Crippen molar-refractivity contribution in [2.75, 3.05) is 30.9 Å². The summed E-state index contributed by atoms with van der Waals surface area (Å²) in [6.45, 7) is 6.69. The van der Waals surface area contributed by atoms with Crippen molar-refractivity contribution in [1.29, 1.82) is 0 Å². The highest BCUT2D eigenvalue weighted by molar-refractivity contribution is 5.95. The Bertz CT molecular complexity index is 1700. The van der Waals surface area contributed by atoms with Gasteiger partial charge in [0.25, 0.3) is 11.8 Å². The van der Waals surface area contributed by atoms with Crippen molar-refractivity contribution >= 4 is 29.4 Å². The normalized spacial score (nSPS) is 13.8. The molecule has 1 aromatic carbocycles. The predicted octanol–water partition coefficient (Wildman–Crippen LogP) is 4.00. The highest BCUT2D eigenvalue weighted by Crippen LogP contribution is 2.29. The largest absolute Gasteiger partial charge is 0.352 e. The monoisotopic (exact) mass is 607 g/mol. The lowest BCUT2D eigenvalue weighted by molar-refractivity contribution is 0.0749. The number of nitrogens with zero attached hydrogens (tertiary/aromatic N) is 7. The van der Waals surface area contributed by atoms with Crippen LogP contribution in [0.2, 0.25) is 0 Å². The number of amides is 4. The number of fused-ring (bicyclic) bond motifs is 2. The van der Waals surface area contributed by atoms with E-state index in [1.54, 1.807) is 31.4 Å². The number of benzene rings is 1. The number of rotatable bonds is 7. The van der Waals surface area contributed by atoms with Crippen LogP contribution in [0.15, 0.2) is 60.9 Å². The van der Waals surface area contributed by atoms with E-state index >= 15 is 0 Å². The van der Waals surface area contributed by atoms with Gasteiger partial charge >= 0.3 is 6.03 Å². The molecule has 4 amide bonds. The minimum absolute atomic E-state index is 0.0712. The molecule has 0 spiro atoms. The zero-order valence-electron chi connectivity index (χ0n) is 25.9. The summed E-state index contributed by atoms with van der Waals surface area (Å²) in [5.41, 5.74) is 6.48. The standard InChI is InChI=1S/C33H37N9O3/c1-21(2)42-28-13-15-40(29-12-9-23(17-35-29)32(44)41-18-24-6-5-14-34-27(24)20-41)19-26(28)30(38-42)31(43)36-16-22-7-10-25(11-8-22)37-33(45)39(3)4/h5-12,14,17,21H,13,15-16,18-20H2,1-4H3,(H,36,43)(H,37,45). The van der Waals surface area contributed by atoms with Gasteiger partial charge in [-0.1, -0.05) is 18.2 Å². The van der Waals surface area contributed by atoms with E-state index in [1.165, 1.54) is 4.90 Å². The van der Waals surface area contributed by atoms with Gasteiger partial charge in [0.2, 0.25) is 0 Å². The molecule has 2 aliphatic rings. The number of urea groups is 1. The summed E-state index contributed by atoms with van der Waals surface area (Å²) in [5, 5.41) is 10.6. The van der Waals surface area contributed by atoms with Crippen LogP contribution < -0.4 is 15.5 Å². The van der Waals surface area contributed by atoms with Crippen LogP contribution in [0.3, 0.4) is 0 Å². The molecule has 5 heterocycles. The number of aromatic nitrogens is 4. The van der Waals surface area contributed by atoms with Gasteiger partial charge < -0.3 is 25.3 Å². The highest BCUT2D eigenvalue weighted by atomic mass is 16.2. The molecule has 12 nitrogen and oxygen atoms in total. The average molecular weight is 608 g/mol. The molecule has 6 rings (SSSR count). The molecule has 0 atom stereocenters. The average Bonchev–Trinajstić information content (AvgIpc) is 3.66. The molecular weight excluding hydrogens is 570 g/mol. The third-order valence-electron chi connectivity index (χ3n) is 8.15. The first-order valence-electron chi connectivity index (χ1n) is 15.1. The number of anilines is 2. The summed E-state index contributed by atoms with van der Waals surface area (Å²) in [6, 6.07) is 14.8. The lowest BCUT2D eigenvalue weighted by Gasteiger charge is -2.29. The Morgan fingerprint density at radius 3 is 2.47 bits per heavy atom. The molecule has 2 aliphatic heterocycles. The van der Waals surface area contributed by atoms with Crippen LogP contribution >= 0.6 is 0 Å². The van der Waals surface area contributed by atoms with Crippen LogP contribution in [0.25, 0.3) is 0 Å². The smallest absolute Gasteiger partial charge is 0.321 e. The van der Waals surface area contributed by atoms with Crippen molar-refractivity contribution in [2.24, 2.45) is 0 Å². The van der Waals surface area contributed by atoms with Gasteiger partial charge in [0.15, 0.2) is 5.69 Å². The first kappa shape index (κ1) is 29.8. The second kappa shape index (κ2) is 12.4. The zero-order valence-corrected chi connectivity index (χ0v) is 25.9. The topological polar surface area (TPSA) is 129 Å². The van der Waals surface area contributed by atoms with Gasteiger partial charge in [-0.2, -0.15) is 5.10 Å². The summed E-state index contributed by atoms with van der Waals surface area (Å²) >= 11 is 0. The third-order valence-corrected chi connectivity index (χ3v) is 8.15. The molecule has 232 valence electrons. The second-order valence-corrected chi connectivity index (χ2v) is 11.9. The van der Waals surface area contributed by atoms with Crippen molar-refractivity contribution in [1.82, 2.24) is 34.9 Å². The number of hydrogen-bond acceptors (Lipinski definition) is 7. The maximum atomic E-state index is 13.5. The van der Waals surface area contributed by atoms with Crippen LogP contribution in [0.4, 0.5) is 16.3 Å². The van der Waals surface area contributed by atoms with E-state index < -0.39 is 0 Å². The molecule has 45 heavy (non-hydrogen) atoms. The first-order chi connectivity index (χ1) is 21.7. The van der Waals surface area contributed by atoms with Crippen molar-refractivity contribution < 1.29 is 14.4 Å². The van der Waals surface area contributed by atoms with Crippen LogP contribution in [-0.2, 0) is 32.6 Å². The molecule has 0 aliphatic carbocycles. The molecular formula is C33H37N9O3. The van der Waals surface area contributed by atoms with E-state index in [1.807, 2.05) is 53.2 Å². The van der Waals surface area contributed by atoms with E-state index in [-0.39, 0.29) is 23.9 Å². The Balaban J connectivity index is 1.13. The lowest BCUT2D eigenvalue weighted by Crippen LogP contribution is -2.33. The van der Waals surface area contributed by atoms with Crippen molar-refractivity contribution in [2.45, 2.75) is 52.5 Å². The summed E-state index contributed by atoms with van der Waals surface area (Å²) in [7, 11) is 3.36. The number of hydrogen-bond donors (Lipinski definition) is 2. The van der Waals surface area contributed by atoms with Crippen molar-refractivity contribution in [3.05, 3.63) is 100 Å². The third kappa shape index (κ3) is 6.21. The maximum absolute atomic E-state index is 13.5. The molecule has 0 fully saturated rings. The molecule has 3 aromatic heterocycles. The van der Waals surface area contributed by atoms with E-state index in [4.69, 9.17) is 5.10 Å². The Labute approximate surface area is 262 Å². The van der Waals surface area contributed by atoms with E-state index in [2.05, 4.69) is 39.3 Å². The Morgan fingerprint density at radius 2 is 1.78 bits per heavy atom. The maximum Gasteiger partial charge on any atom is 0.321 e. The quantitative estimate of drug-likeness (QED) is 0.325. The van der Waals surface area contributed by atoms with Crippen LogP contribution in [-0.4, -0.2) is 68.0 Å². The summed E-state index contributed by atoms with van der Waals surface area (Å²) in [4.78, 5) is 52.9. The van der Waals surface area contributed by atoms with Gasteiger partial charge in [0, 0.05) is 82.1 Å². The SMILES string of the molecule is CC(C)n1nc(C(=O)NCc2ccc(NC(=O)N(C)C)cc2)c2c1CCN(c1ccc(C(=O)N3Cc4cccnc4C3)cn1)C2. The van der Waals surface area contributed by atoms with Gasteiger partial charge in [0.05, 0.1) is 17.8 Å². The fraction of sp³-hybridized carbons (Fsp3) is 0.333. The molecule has 12 heteroatoms. The van der Waals surface area contributed by atoms with E-state index in [0.717, 1.165) is 46.9 Å². The molecule has 0 unspecified atom stereocenters. The van der Waals surface area contributed by atoms with Gasteiger partial charge in [0.1, 0.15) is 5.82 Å². The zero-order chi connectivity index (χ0) is 31.7. The number of nitrogens with one attached hydrogen (secondary N) is 2. The van der Waals surface area contributed by atoms with E-state index in [9.17, 15) is 14.4 Å². The Hall–Kier alpha value is -5.26. The Morgan fingerprint density at radius 1 is 0.978 bits per heavy atom. The van der Waals surface area contributed by atoms with Crippen LogP contribution in [0, 0.1) is 0 Å². The number of carbonyl (C=O) groups is 3. The summed E-state index contributed by atoms with van der Waals surface area (Å²) < 4.78 is 1.95. The minimum atomic E-state index is -0.243. The molecule has 2 N–H and O–H groups in total. The Kier molecular flexibility index (Phi) is 8.20. The van der Waals surface area contributed by atoms with Crippen LogP contribution in [0.5, 0.6) is 0 Å². The fourth-order valence-corrected chi connectivity index (χ4v) is 5.68. The number of pyridine rings is 2. The molecule has 4 aromatic rings. The minimum Gasteiger partial charge on any atom is -0.352 e. The van der Waals surface area contributed by atoms with Gasteiger partial charge in [-0.05, 0) is 55.3 Å². The molecule has 0 bridgehead atoms. The number of carbonyl (C=O) groups excluding carboxylic acids is 3. The van der Waals surface area contributed by atoms with Crippen LogP contribution in [0.1, 0.15) is 68.8 Å².